The first-order valence-electron chi connectivity index (χ1n) is 5.01. The molecule has 5 heteroatoms. The maximum absolute atomic E-state index is 13.3. The Bertz CT molecular complexity index is 364. The number of anilines is 2. The smallest absolute Gasteiger partial charge is 0.168 e. The standard InChI is InChI=1S/C10H13F2N3/c1-13-9-7(11)5-8(12)10(15-9)14-6-3-2-4-6/h5-6H,2-4H2,1H3,(H2,13,14,15). The maximum Gasteiger partial charge on any atom is 0.168 e. The average molecular weight is 213 g/mol. The lowest BCUT2D eigenvalue weighted by atomic mass is 9.93. The topological polar surface area (TPSA) is 37.0 Å². The SMILES string of the molecule is CNc1nc(NC2CCC2)c(F)cc1F. The molecule has 1 aliphatic rings. The molecular formula is C10H13F2N3. The van der Waals surface area contributed by atoms with Gasteiger partial charge in [-0.05, 0) is 19.3 Å². The Kier molecular flexibility index (Phi) is 2.70. The summed E-state index contributed by atoms with van der Waals surface area (Å²) in [6.45, 7) is 0. The minimum Gasteiger partial charge on any atom is -0.371 e. The van der Waals surface area contributed by atoms with Crippen molar-refractivity contribution in [2.75, 3.05) is 17.7 Å². The first kappa shape index (κ1) is 10.1. The van der Waals surface area contributed by atoms with Crippen LogP contribution in [0.3, 0.4) is 0 Å². The van der Waals surface area contributed by atoms with Gasteiger partial charge in [-0.15, -0.1) is 0 Å². The molecule has 3 nitrogen and oxygen atoms in total. The van der Waals surface area contributed by atoms with E-state index < -0.39 is 11.6 Å². The molecule has 1 aliphatic carbocycles. The summed E-state index contributed by atoms with van der Waals surface area (Å²) in [6.07, 6.45) is 3.19. The van der Waals surface area contributed by atoms with Crippen LogP contribution in [0.5, 0.6) is 0 Å². The van der Waals surface area contributed by atoms with Gasteiger partial charge in [-0.25, -0.2) is 13.8 Å². The van der Waals surface area contributed by atoms with Crippen molar-refractivity contribution in [3.63, 3.8) is 0 Å². The highest BCUT2D eigenvalue weighted by molar-refractivity contribution is 5.47. The summed E-state index contributed by atoms with van der Waals surface area (Å²) in [5.74, 6) is -1.11. The van der Waals surface area contributed by atoms with Crippen molar-refractivity contribution in [2.24, 2.45) is 0 Å². The van der Waals surface area contributed by atoms with Crippen LogP contribution in [0.1, 0.15) is 19.3 Å². The normalized spacial score (nSPS) is 15.9. The summed E-state index contributed by atoms with van der Waals surface area (Å²) in [6, 6.07) is 1.13. The van der Waals surface area contributed by atoms with E-state index in [0.29, 0.717) is 0 Å². The molecule has 1 aromatic heterocycles. The quantitative estimate of drug-likeness (QED) is 0.809. The molecule has 0 spiro atoms. The van der Waals surface area contributed by atoms with Gasteiger partial charge in [0.1, 0.15) is 0 Å². The minimum absolute atomic E-state index is 0.0678. The fourth-order valence-corrected chi connectivity index (χ4v) is 1.49. The number of hydrogen-bond donors (Lipinski definition) is 2. The van der Waals surface area contributed by atoms with Crippen LogP contribution in [-0.2, 0) is 0 Å². The molecule has 15 heavy (non-hydrogen) atoms. The summed E-state index contributed by atoms with van der Waals surface area (Å²) in [7, 11) is 1.55. The van der Waals surface area contributed by atoms with Gasteiger partial charge in [0.05, 0.1) is 0 Å². The number of halogens is 2. The summed E-state index contributed by atoms with van der Waals surface area (Å²) in [5, 5.41) is 5.54. The van der Waals surface area contributed by atoms with Crippen molar-refractivity contribution in [1.82, 2.24) is 4.98 Å². The third-order valence-corrected chi connectivity index (χ3v) is 2.61. The third kappa shape index (κ3) is 2.00. The van der Waals surface area contributed by atoms with Crippen LogP contribution in [0.15, 0.2) is 6.07 Å². The number of nitrogens with zero attached hydrogens (tertiary/aromatic N) is 1. The summed E-state index contributed by atoms with van der Waals surface area (Å²) in [4.78, 5) is 3.84. The predicted molar refractivity (Wildman–Crippen MR) is 55.0 cm³/mol. The zero-order valence-electron chi connectivity index (χ0n) is 8.48. The summed E-state index contributed by atoms with van der Waals surface area (Å²) < 4.78 is 26.4. The van der Waals surface area contributed by atoms with E-state index in [0.717, 1.165) is 25.3 Å². The van der Waals surface area contributed by atoms with E-state index in [1.54, 1.807) is 7.05 Å². The Morgan fingerprint density at radius 1 is 1.27 bits per heavy atom. The largest absolute Gasteiger partial charge is 0.371 e. The number of rotatable bonds is 3. The predicted octanol–water partition coefficient (Wildman–Crippen LogP) is 2.37. The van der Waals surface area contributed by atoms with Gasteiger partial charge in [0.2, 0.25) is 0 Å². The van der Waals surface area contributed by atoms with Gasteiger partial charge >= 0.3 is 0 Å². The van der Waals surface area contributed by atoms with E-state index in [1.807, 2.05) is 0 Å². The highest BCUT2D eigenvalue weighted by Gasteiger charge is 2.20. The van der Waals surface area contributed by atoms with Crippen molar-refractivity contribution in [3.8, 4) is 0 Å². The van der Waals surface area contributed by atoms with E-state index in [4.69, 9.17) is 0 Å². The molecule has 0 saturated heterocycles. The summed E-state index contributed by atoms with van der Waals surface area (Å²) >= 11 is 0. The Labute approximate surface area is 86.9 Å². The van der Waals surface area contributed by atoms with Crippen LogP contribution in [0, 0.1) is 11.6 Å². The van der Waals surface area contributed by atoms with Crippen LogP contribution in [0.25, 0.3) is 0 Å². The van der Waals surface area contributed by atoms with Gasteiger partial charge in [-0.2, -0.15) is 0 Å². The van der Waals surface area contributed by atoms with Crippen molar-refractivity contribution in [3.05, 3.63) is 17.7 Å². The second-order valence-corrected chi connectivity index (χ2v) is 3.67. The number of nitrogens with one attached hydrogen (secondary N) is 2. The molecule has 0 bridgehead atoms. The zero-order chi connectivity index (χ0) is 10.8. The van der Waals surface area contributed by atoms with Crippen LogP contribution in [0.4, 0.5) is 20.4 Å². The molecule has 82 valence electrons. The molecule has 1 aromatic rings. The third-order valence-electron chi connectivity index (χ3n) is 2.61. The van der Waals surface area contributed by atoms with Gasteiger partial charge in [-0.3, -0.25) is 0 Å². The second-order valence-electron chi connectivity index (χ2n) is 3.67. The van der Waals surface area contributed by atoms with Gasteiger partial charge in [0.25, 0.3) is 0 Å². The molecule has 1 heterocycles. The zero-order valence-corrected chi connectivity index (χ0v) is 8.48. The minimum atomic E-state index is -0.672. The van der Waals surface area contributed by atoms with E-state index in [9.17, 15) is 8.78 Å². The van der Waals surface area contributed by atoms with E-state index in [-0.39, 0.29) is 17.7 Å². The van der Waals surface area contributed by atoms with Crippen LogP contribution >= 0.6 is 0 Å². The molecule has 1 fully saturated rings. The van der Waals surface area contributed by atoms with E-state index >= 15 is 0 Å². The number of hydrogen-bond acceptors (Lipinski definition) is 3. The van der Waals surface area contributed by atoms with Crippen LogP contribution in [0.2, 0.25) is 0 Å². The van der Waals surface area contributed by atoms with Crippen molar-refractivity contribution in [2.45, 2.75) is 25.3 Å². The fraction of sp³-hybridized carbons (Fsp3) is 0.500. The van der Waals surface area contributed by atoms with Gasteiger partial charge < -0.3 is 10.6 Å². The highest BCUT2D eigenvalue weighted by Crippen LogP contribution is 2.25. The van der Waals surface area contributed by atoms with Crippen molar-refractivity contribution < 1.29 is 8.78 Å². The molecule has 0 aromatic carbocycles. The van der Waals surface area contributed by atoms with Crippen LogP contribution < -0.4 is 10.6 Å². The Morgan fingerprint density at radius 3 is 2.47 bits per heavy atom. The van der Waals surface area contributed by atoms with Crippen LogP contribution in [-0.4, -0.2) is 18.1 Å². The van der Waals surface area contributed by atoms with Gasteiger partial charge in [0, 0.05) is 19.2 Å². The molecule has 0 aliphatic heterocycles. The Hall–Kier alpha value is -1.39. The first-order chi connectivity index (χ1) is 7.20. The Morgan fingerprint density at radius 2 is 1.93 bits per heavy atom. The van der Waals surface area contributed by atoms with Crippen molar-refractivity contribution >= 4 is 11.6 Å². The number of pyridine rings is 1. The second kappa shape index (κ2) is 4.00. The molecule has 2 rings (SSSR count). The lowest BCUT2D eigenvalue weighted by Gasteiger charge is -2.27. The Balaban J connectivity index is 2.21. The molecule has 0 radical (unpaired) electrons. The van der Waals surface area contributed by atoms with Gasteiger partial charge in [0.15, 0.2) is 23.3 Å². The monoisotopic (exact) mass is 213 g/mol. The molecule has 0 amide bonds. The average Bonchev–Trinajstić information content (AvgIpc) is 2.14. The first-order valence-corrected chi connectivity index (χ1v) is 5.01. The molecule has 0 unspecified atom stereocenters. The summed E-state index contributed by atoms with van der Waals surface area (Å²) in [5.41, 5.74) is 0. The maximum atomic E-state index is 13.3. The lowest BCUT2D eigenvalue weighted by molar-refractivity contribution is 0.441. The van der Waals surface area contributed by atoms with E-state index in [1.165, 1.54) is 0 Å². The van der Waals surface area contributed by atoms with E-state index in [2.05, 4.69) is 15.6 Å². The molecule has 0 atom stereocenters. The number of aromatic nitrogens is 1. The fourth-order valence-electron chi connectivity index (χ4n) is 1.49. The molecule has 2 N–H and O–H groups in total. The van der Waals surface area contributed by atoms with Crippen molar-refractivity contribution in [1.29, 1.82) is 0 Å². The highest BCUT2D eigenvalue weighted by atomic mass is 19.1. The molecule has 1 saturated carbocycles. The van der Waals surface area contributed by atoms with Gasteiger partial charge in [-0.1, -0.05) is 0 Å². The lowest BCUT2D eigenvalue weighted by Crippen LogP contribution is -2.28. The molecular weight excluding hydrogens is 200 g/mol.